The summed E-state index contributed by atoms with van der Waals surface area (Å²) in [5, 5.41) is 0. The van der Waals surface area contributed by atoms with Crippen LogP contribution >= 0.6 is 0 Å². The molecule has 1 aromatic carbocycles. The van der Waals surface area contributed by atoms with Crippen LogP contribution in [0.15, 0.2) is 30.3 Å². The summed E-state index contributed by atoms with van der Waals surface area (Å²) in [6.07, 6.45) is 0. The van der Waals surface area contributed by atoms with Gasteiger partial charge in [-0.05, 0) is 19.1 Å². The average molecular weight is 218 g/mol. The summed E-state index contributed by atoms with van der Waals surface area (Å²) in [5.41, 5.74) is 1.25. The molecule has 0 unspecified atom stereocenters. The quantitative estimate of drug-likeness (QED) is 0.717. The Labute approximate surface area is 96.7 Å². The van der Waals surface area contributed by atoms with Crippen LogP contribution in [0, 0.1) is 0 Å². The summed E-state index contributed by atoms with van der Waals surface area (Å²) in [4.78, 5) is 15.6. The third-order valence-electron chi connectivity index (χ3n) is 3.16. The molecular weight excluding hydrogens is 200 g/mol. The number of carbonyl (C=O) groups excluding carboxylic acids is 1. The van der Waals surface area contributed by atoms with Gasteiger partial charge in [0, 0.05) is 38.3 Å². The summed E-state index contributed by atoms with van der Waals surface area (Å²) in [6.45, 7) is 6.39. The SMILES string of the molecule is CC(=O)N1CCN(c2ccccc2)[C@@H](C)C1. The largest absolute Gasteiger partial charge is 0.365 e. The first-order chi connectivity index (χ1) is 7.68. The Hall–Kier alpha value is -1.51. The minimum Gasteiger partial charge on any atom is -0.365 e. The van der Waals surface area contributed by atoms with E-state index in [0.29, 0.717) is 6.04 Å². The molecule has 0 N–H and O–H groups in total. The topological polar surface area (TPSA) is 23.6 Å². The molecule has 0 saturated carbocycles. The molecule has 1 aliphatic heterocycles. The van der Waals surface area contributed by atoms with E-state index in [0.717, 1.165) is 19.6 Å². The highest BCUT2D eigenvalue weighted by atomic mass is 16.2. The van der Waals surface area contributed by atoms with Crippen molar-refractivity contribution in [3.8, 4) is 0 Å². The average Bonchev–Trinajstić information content (AvgIpc) is 2.30. The predicted octanol–water partition coefficient (Wildman–Crippen LogP) is 1.74. The Morgan fingerprint density at radius 3 is 2.50 bits per heavy atom. The van der Waals surface area contributed by atoms with E-state index >= 15 is 0 Å². The van der Waals surface area contributed by atoms with Crippen LogP contribution in [0.5, 0.6) is 0 Å². The van der Waals surface area contributed by atoms with Crippen LogP contribution in [-0.2, 0) is 4.79 Å². The molecule has 1 amide bonds. The van der Waals surface area contributed by atoms with Gasteiger partial charge in [-0.15, -0.1) is 0 Å². The highest BCUT2D eigenvalue weighted by molar-refractivity contribution is 5.73. The van der Waals surface area contributed by atoms with Crippen LogP contribution in [0.25, 0.3) is 0 Å². The van der Waals surface area contributed by atoms with Gasteiger partial charge in [0.1, 0.15) is 0 Å². The molecule has 3 nitrogen and oxygen atoms in total. The zero-order valence-electron chi connectivity index (χ0n) is 9.89. The molecule has 2 rings (SSSR count). The van der Waals surface area contributed by atoms with E-state index in [1.54, 1.807) is 6.92 Å². The van der Waals surface area contributed by atoms with Crippen LogP contribution < -0.4 is 4.90 Å². The summed E-state index contributed by atoms with van der Waals surface area (Å²) >= 11 is 0. The molecule has 0 spiro atoms. The first-order valence-electron chi connectivity index (χ1n) is 5.75. The molecule has 3 heteroatoms. The first-order valence-corrected chi connectivity index (χ1v) is 5.75. The second kappa shape index (κ2) is 4.56. The Morgan fingerprint density at radius 2 is 1.94 bits per heavy atom. The molecule has 1 aliphatic rings. The zero-order valence-corrected chi connectivity index (χ0v) is 9.89. The number of amides is 1. The molecule has 0 bridgehead atoms. The van der Waals surface area contributed by atoms with E-state index in [2.05, 4.69) is 36.1 Å². The minimum absolute atomic E-state index is 0.180. The molecule has 1 fully saturated rings. The van der Waals surface area contributed by atoms with Crippen molar-refractivity contribution >= 4 is 11.6 Å². The van der Waals surface area contributed by atoms with Gasteiger partial charge >= 0.3 is 0 Å². The van der Waals surface area contributed by atoms with Gasteiger partial charge < -0.3 is 9.80 Å². The maximum atomic E-state index is 11.3. The number of carbonyl (C=O) groups is 1. The molecule has 86 valence electrons. The van der Waals surface area contributed by atoms with Crippen molar-refractivity contribution in [1.29, 1.82) is 0 Å². The Bertz CT molecular complexity index is 363. The standard InChI is InChI=1S/C13H18N2O/c1-11-10-14(12(2)16)8-9-15(11)13-6-4-3-5-7-13/h3-7,11H,8-10H2,1-2H3/t11-/m0/s1. The van der Waals surface area contributed by atoms with Gasteiger partial charge in [0.25, 0.3) is 0 Å². The van der Waals surface area contributed by atoms with Crippen LogP contribution in [0.4, 0.5) is 5.69 Å². The summed E-state index contributed by atoms with van der Waals surface area (Å²) in [7, 11) is 0. The fourth-order valence-corrected chi connectivity index (χ4v) is 2.25. The summed E-state index contributed by atoms with van der Waals surface area (Å²) in [6, 6.07) is 10.8. The van der Waals surface area contributed by atoms with Crippen LogP contribution in [-0.4, -0.2) is 36.5 Å². The van der Waals surface area contributed by atoms with Gasteiger partial charge in [0.15, 0.2) is 0 Å². The molecule has 1 saturated heterocycles. The van der Waals surface area contributed by atoms with Crippen LogP contribution in [0.3, 0.4) is 0 Å². The lowest BCUT2D eigenvalue weighted by Gasteiger charge is -2.41. The molecule has 0 aromatic heterocycles. The van der Waals surface area contributed by atoms with Crippen molar-refractivity contribution in [2.45, 2.75) is 19.9 Å². The van der Waals surface area contributed by atoms with Gasteiger partial charge in [-0.2, -0.15) is 0 Å². The van der Waals surface area contributed by atoms with Crippen molar-refractivity contribution < 1.29 is 4.79 Å². The number of nitrogens with zero attached hydrogens (tertiary/aromatic N) is 2. The zero-order chi connectivity index (χ0) is 11.5. The highest BCUT2D eigenvalue weighted by Gasteiger charge is 2.24. The lowest BCUT2D eigenvalue weighted by Crippen LogP contribution is -2.53. The maximum absolute atomic E-state index is 11.3. The first kappa shape index (κ1) is 11.0. The number of hydrogen-bond donors (Lipinski definition) is 0. The number of hydrogen-bond acceptors (Lipinski definition) is 2. The van der Waals surface area contributed by atoms with Gasteiger partial charge in [-0.25, -0.2) is 0 Å². The van der Waals surface area contributed by atoms with E-state index < -0.39 is 0 Å². The molecule has 1 heterocycles. The number of anilines is 1. The summed E-state index contributed by atoms with van der Waals surface area (Å²) < 4.78 is 0. The Balaban J connectivity index is 2.08. The van der Waals surface area contributed by atoms with Crippen molar-refractivity contribution in [2.75, 3.05) is 24.5 Å². The van der Waals surface area contributed by atoms with E-state index in [1.165, 1.54) is 5.69 Å². The smallest absolute Gasteiger partial charge is 0.219 e. The van der Waals surface area contributed by atoms with Gasteiger partial charge in [-0.1, -0.05) is 18.2 Å². The Kier molecular flexibility index (Phi) is 3.13. The van der Waals surface area contributed by atoms with E-state index in [1.807, 2.05) is 11.0 Å². The second-order valence-electron chi connectivity index (χ2n) is 4.34. The van der Waals surface area contributed by atoms with Crippen LogP contribution in [0.1, 0.15) is 13.8 Å². The third kappa shape index (κ3) is 2.18. The van der Waals surface area contributed by atoms with Gasteiger partial charge in [0.05, 0.1) is 0 Å². The lowest BCUT2D eigenvalue weighted by atomic mass is 10.1. The fraction of sp³-hybridized carbons (Fsp3) is 0.462. The molecule has 1 atom stereocenters. The Morgan fingerprint density at radius 1 is 1.25 bits per heavy atom. The molecule has 1 aromatic rings. The normalized spacial score (nSPS) is 21.0. The van der Waals surface area contributed by atoms with Crippen LogP contribution in [0.2, 0.25) is 0 Å². The van der Waals surface area contributed by atoms with Crippen molar-refractivity contribution in [3.05, 3.63) is 30.3 Å². The number of piperazine rings is 1. The second-order valence-corrected chi connectivity index (χ2v) is 4.34. The molecule has 16 heavy (non-hydrogen) atoms. The summed E-state index contributed by atoms with van der Waals surface area (Å²) in [5.74, 6) is 0.180. The highest BCUT2D eigenvalue weighted by Crippen LogP contribution is 2.19. The molecular formula is C13H18N2O. The fourth-order valence-electron chi connectivity index (χ4n) is 2.25. The van der Waals surface area contributed by atoms with E-state index in [-0.39, 0.29) is 5.91 Å². The molecule has 0 aliphatic carbocycles. The number of para-hydroxylation sites is 1. The van der Waals surface area contributed by atoms with Crippen molar-refractivity contribution in [1.82, 2.24) is 4.90 Å². The van der Waals surface area contributed by atoms with E-state index in [4.69, 9.17) is 0 Å². The molecule has 0 radical (unpaired) electrons. The maximum Gasteiger partial charge on any atom is 0.219 e. The van der Waals surface area contributed by atoms with Crippen molar-refractivity contribution in [2.24, 2.45) is 0 Å². The lowest BCUT2D eigenvalue weighted by molar-refractivity contribution is -0.129. The van der Waals surface area contributed by atoms with Gasteiger partial charge in [-0.3, -0.25) is 4.79 Å². The predicted molar refractivity (Wildman–Crippen MR) is 65.5 cm³/mol. The van der Waals surface area contributed by atoms with E-state index in [9.17, 15) is 4.79 Å². The number of rotatable bonds is 1. The minimum atomic E-state index is 0.180. The monoisotopic (exact) mass is 218 g/mol. The number of benzene rings is 1. The van der Waals surface area contributed by atoms with Crippen molar-refractivity contribution in [3.63, 3.8) is 0 Å². The van der Waals surface area contributed by atoms with Gasteiger partial charge in [0.2, 0.25) is 5.91 Å². The third-order valence-corrected chi connectivity index (χ3v) is 3.16.